The third-order valence-electron chi connectivity index (χ3n) is 14.4. The van der Waals surface area contributed by atoms with E-state index in [-0.39, 0.29) is 32.0 Å². The van der Waals surface area contributed by atoms with Crippen molar-refractivity contribution in [1.82, 2.24) is 0 Å². The lowest BCUT2D eigenvalue weighted by Gasteiger charge is -2.24. The maximum atomic E-state index is 12.9. The number of phosphoric ester groups is 1. The van der Waals surface area contributed by atoms with Crippen LogP contribution < -0.4 is 0 Å². The van der Waals surface area contributed by atoms with E-state index in [9.17, 15) is 19.0 Å². The lowest BCUT2D eigenvalue weighted by molar-refractivity contribution is -0.870. The van der Waals surface area contributed by atoms with Gasteiger partial charge in [0.15, 0.2) is 6.10 Å². The second-order valence-corrected chi connectivity index (χ2v) is 25.3. The highest BCUT2D eigenvalue weighted by Gasteiger charge is 2.27. The summed E-state index contributed by atoms with van der Waals surface area (Å²) in [5.74, 6) is -0.816. The number of hydrogen-bond donors (Lipinski definition) is 1. The van der Waals surface area contributed by atoms with Gasteiger partial charge in [0, 0.05) is 12.8 Å². The molecule has 2 unspecified atom stereocenters. The number of quaternary nitrogens is 1. The predicted molar refractivity (Wildman–Crippen MR) is 371 cm³/mol. The van der Waals surface area contributed by atoms with Crippen LogP contribution >= 0.6 is 7.82 Å². The number of rotatable bonds is 62. The number of hydrogen-bond acceptors (Lipinski definition) is 7. The zero-order chi connectivity index (χ0) is 62.6. The summed E-state index contributed by atoms with van der Waals surface area (Å²) >= 11 is 0. The number of phosphoric acid groups is 1. The molecule has 10 heteroatoms. The fourth-order valence-corrected chi connectivity index (χ4v) is 9.88. The number of allylic oxidation sites excluding steroid dienone is 24. The Kier molecular flexibility index (Phi) is 62.2. The SMILES string of the molecule is CC/C=C\C/C=C\C/C=C\C/C=C\C/C=C\C/C=C\CCCCCCCCCCCCCCCCCCCCC(=O)OC(COC(=O)CCCCCCCC/C=C\C/C=C\C/C=C\C/C=C\C/C=C\C/C=C\CC)COP(=O)(O)OCC[N+](C)(C)C. The van der Waals surface area contributed by atoms with Crippen LogP contribution in [0.1, 0.15) is 271 Å². The average Bonchev–Trinajstić information content (AvgIpc) is 3.67. The van der Waals surface area contributed by atoms with Gasteiger partial charge < -0.3 is 18.9 Å². The number of ether oxygens (including phenoxy) is 2. The highest BCUT2D eigenvalue weighted by atomic mass is 31.2. The first kappa shape index (κ1) is 81.9. The van der Waals surface area contributed by atoms with Crippen molar-refractivity contribution in [3.05, 3.63) is 146 Å². The minimum atomic E-state index is -4.40. The zero-order valence-electron chi connectivity index (χ0n) is 55.7. The second kappa shape index (κ2) is 65.3. The molecule has 0 heterocycles. The molecule has 490 valence electrons. The topological polar surface area (TPSA) is 108 Å². The summed E-state index contributed by atoms with van der Waals surface area (Å²) in [4.78, 5) is 35.9. The smallest absolute Gasteiger partial charge is 0.462 e. The fourth-order valence-electron chi connectivity index (χ4n) is 9.14. The molecular weight excluding hydrogens is 1090 g/mol. The Morgan fingerprint density at radius 3 is 0.930 bits per heavy atom. The summed E-state index contributed by atoms with van der Waals surface area (Å²) < 4.78 is 34.7. The van der Waals surface area contributed by atoms with Crippen LogP contribution in [0.3, 0.4) is 0 Å². The van der Waals surface area contributed by atoms with Gasteiger partial charge in [-0.05, 0) is 116 Å². The fraction of sp³-hybridized carbons (Fsp3) is 0.658. The maximum absolute atomic E-state index is 12.9. The monoisotopic (exact) mass is 1210 g/mol. The maximum Gasteiger partial charge on any atom is 0.472 e. The average molecular weight is 1220 g/mol. The third kappa shape index (κ3) is 69.0. The van der Waals surface area contributed by atoms with Gasteiger partial charge in [-0.3, -0.25) is 18.6 Å². The molecule has 9 nitrogen and oxygen atoms in total. The largest absolute Gasteiger partial charge is 0.472 e. The molecule has 0 radical (unpaired) electrons. The predicted octanol–water partition coefficient (Wildman–Crippen LogP) is 22.6. The molecule has 0 aliphatic carbocycles. The van der Waals surface area contributed by atoms with Crippen LogP contribution in [-0.2, 0) is 32.7 Å². The first-order chi connectivity index (χ1) is 42.0. The van der Waals surface area contributed by atoms with Gasteiger partial charge in [-0.2, -0.15) is 0 Å². The number of esters is 2. The molecule has 0 bridgehead atoms. The first-order valence-corrected chi connectivity index (χ1v) is 36.1. The number of carbonyl (C=O) groups is 2. The number of likely N-dealkylation sites (N-methyl/N-ethyl adjacent to an activating group) is 1. The lowest BCUT2D eigenvalue weighted by atomic mass is 10.0. The van der Waals surface area contributed by atoms with E-state index < -0.39 is 26.5 Å². The summed E-state index contributed by atoms with van der Waals surface area (Å²) in [6.07, 6.45) is 96.6. The Morgan fingerprint density at radius 1 is 0.360 bits per heavy atom. The van der Waals surface area contributed by atoms with Gasteiger partial charge in [0.05, 0.1) is 27.7 Å². The lowest BCUT2D eigenvalue weighted by Crippen LogP contribution is -2.37. The van der Waals surface area contributed by atoms with Crippen molar-refractivity contribution < 1.29 is 42.1 Å². The van der Waals surface area contributed by atoms with Crippen molar-refractivity contribution in [2.45, 2.75) is 277 Å². The van der Waals surface area contributed by atoms with Crippen molar-refractivity contribution in [3.8, 4) is 0 Å². The molecule has 1 N–H and O–H groups in total. The Hall–Kier alpha value is -4.11. The highest BCUT2D eigenvalue weighted by Crippen LogP contribution is 2.43. The Balaban J connectivity index is 4.07. The summed E-state index contributed by atoms with van der Waals surface area (Å²) in [6.45, 7) is 4.19. The van der Waals surface area contributed by atoms with E-state index in [1.165, 1.54) is 96.3 Å². The van der Waals surface area contributed by atoms with Gasteiger partial charge in [-0.1, -0.05) is 288 Å². The third-order valence-corrected chi connectivity index (χ3v) is 15.3. The van der Waals surface area contributed by atoms with Crippen LogP contribution in [0.15, 0.2) is 146 Å². The second-order valence-electron chi connectivity index (χ2n) is 23.8. The highest BCUT2D eigenvalue weighted by molar-refractivity contribution is 7.47. The molecule has 0 saturated heterocycles. The van der Waals surface area contributed by atoms with Gasteiger partial charge in [-0.15, -0.1) is 0 Å². The Labute approximate surface area is 529 Å². The molecule has 0 spiro atoms. The van der Waals surface area contributed by atoms with E-state index in [1.54, 1.807) is 0 Å². The van der Waals surface area contributed by atoms with Gasteiger partial charge in [0.1, 0.15) is 19.8 Å². The van der Waals surface area contributed by atoms with Crippen LogP contribution in [0, 0.1) is 0 Å². The molecule has 0 aromatic carbocycles. The van der Waals surface area contributed by atoms with Gasteiger partial charge >= 0.3 is 19.8 Å². The molecule has 0 saturated carbocycles. The summed E-state index contributed by atoms with van der Waals surface area (Å²) in [7, 11) is 1.46. The molecule has 0 aromatic rings. The summed E-state index contributed by atoms with van der Waals surface area (Å²) in [6, 6.07) is 0. The first-order valence-electron chi connectivity index (χ1n) is 34.6. The standard InChI is InChI=1S/C76H128NO8P/c1-6-8-10-12-14-16-18-20-22-24-26-28-30-32-33-34-35-36-37-38-39-40-41-42-43-45-47-49-51-53-55-57-59-61-63-65-67-69-76(79)85-74(73-84-86(80,81)83-71-70-77(3,4)5)72-82-75(78)68-66-64-62-60-58-56-54-52-50-48-46-44-31-29-27-25-23-21-19-17-15-13-11-9-7-2/h8-11,14-17,20-23,26-29,32-33,35-36,44,46,50,52,74H,6-7,12-13,18-19,24-25,30-31,34,37-43,45,47-49,51,53-73H2,1-5H3/p+1/b10-8-,11-9-,16-14-,17-15-,22-20-,23-21-,28-26-,29-27-,33-32-,36-35-,46-44-,52-50-. The van der Waals surface area contributed by atoms with Crippen LogP contribution in [0.2, 0.25) is 0 Å². The summed E-state index contributed by atoms with van der Waals surface area (Å²) in [5.41, 5.74) is 0. The minimum Gasteiger partial charge on any atom is -0.462 e. The number of unbranched alkanes of at least 4 members (excludes halogenated alkanes) is 24. The zero-order valence-corrected chi connectivity index (χ0v) is 56.6. The van der Waals surface area contributed by atoms with Crippen LogP contribution in [0.25, 0.3) is 0 Å². The van der Waals surface area contributed by atoms with Crippen molar-refractivity contribution in [2.75, 3.05) is 47.5 Å². The van der Waals surface area contributed by atoms with Crippen LogP contribution in [0.5, 0.6) is 0 Å². The Morgan fingerprint density at radius 2 is 0.628 bits per heavy atom. The van der Waals surface area contributed by atoms with Crippen molar-refractivity contribution in [2.24, 2.45) is 0 Å². The quantitative estimate of drug-likeness (QED) is 0.0211. The van der Waals surface area contributed by atoms with Crippen LogP contribution in [0.4, 0.5) is 0 Å². The van der Waals surface area contributed by atoms with Crippen molar-refractivity contribution in [3.63, 3.8) is 0 Å². The van der Waals surface area contributed by atoms with Crippen LogP contribution in [-0.4, -0.2) is 74.9 Å². The van der Waals surface area contributed by atoms with E-state index in [1.807, 2.05) is 21.1 Å². The summed E-state index contributed by atoms with van der Waals surface area (Å²) in [5, 5.41) is 0. The number of nitrogens with zero attached hydrogens (tertiary/aromatic N) is 1. The minimum absolute atomic E-state index is 0.0231. The van der Waals surface area contributed by atoms with Crippen molar-refractivity contribution >= 4 is 19.8 Å². The van der Waals surface area contributed by atoms with E-state index >= 15 is 0 Å². The number of carbonyl (C=O) groups excluding carboxylic acids is 2. The molecule has 0 aromatic heterocycles. The molecule has 86 heavy (non-hydrogen) atoms. The molecule has 2 atom stereocenters. The molecule has 0 amide bonds. The van der Waals surface area contributed by atoms with E-state index in [0.29, 0.717) is 23.9 Å². The van der Waals surface area contributed by atoms with Gasteiger partial charge in [0.2, 0.25) is 0 Å². The molecule has 0 aliphatic rings. The van der Waals surface area contributed by atoms with E-state index in [0.717, 1.165) is 135 Å². The van der Waals surface area contributed by atoms with E-state index in [2.05, 4.69) is 160 Å². The molecule has 0 aliphatic heterocycles. The normalized spacial score (nSPS) is 14.1. The van der Waals surface area contributed by atoms with Crippen molar-refractivity contribution in [1.29, 1.82) is 0 Å². The Bertz CT molecular complexity index is 1960. The van der Waals surface area contributed by atoms with E-state index in [4.69, 9.17) is 18.5 Å². The molecule has 0 rings (SSSR count). The molecule has 0 fully saturated rings. The van der Waals surface area contributed by atoms with Gasteiger partial charge in [0.25, 0.3) is 0 Å². The molecular formula is C76H129NO8P+. The van der Waals surface area contributed by atoms with Gasteiger partial charge in [-0.25, -0.2) is 4.57 Å².